The average Bonchev–Trinajstić information content (AvgIpc) is 3.40. The summed E-state index contributed by atoms with van der Waals surface area (Å²) >= 11 is 0. The molecule has 1 aliphatic heterocycles. The zero-order valence-electron chi connectivity index (χ0n) is 15.3. The molecule has 146 valence electrons. The van der Waals surface area contributed by atoms with Gasteiger partial charge in [-0.1, -0.05) is 0 Å². The van der Waals surface area contributed by atoms with Crippen molar-refractivity contribution >= 4 is 26.8 Å². The van der Waals surface area contributed by atoms with E-state index >= 15 is 0 Å². The van der Waals surface area contributed by atoms with Crippen LogP contribution in [0.2, 0.25) is 0 Å². The predicted octanol–water partition coefficient (Wildman–Crippen LogP) is 0.467. The van der Waals surface area contributed by atoms with Crippen LogP contribution < -0.4 is 5.69 Å². The van der Waals surface area contributed by atoms with Crippen molar-refractivity contribution in [1.29, 1.82) is 0 Å². The number of imidazole rings is 1. The zero-order chi connectivity index (χ0) is 19.2. The van der Waals surface area contributed by atoms with Gasteiger partial charge in [0.25, 0.3) is 5.91 Å². The van der Waals surface area contributed by atoms with Crippen molar-refractivity contribution in [3.05, 3.63) is 34.2 Å². The molecule has 0 unspecified atom stereocenters. The van der Waals surface area contributed by atoms with Gasteiger partial charge in [-0.2, -0.15) is 0 Å². The molecular weight excluding hydrogens is 368 g/mol. The van der Waals surface area contributed by atoms with Gasteiger partial charge in [0, 0.05) is 50.6 Å². The fourth-order valence-electron chi connectivity index (χ4n) is 3.61. The number of H-pyrrole nitrogens is 1. The van der Waals surface area contributed by atoms with Gasteiger partial charge in [-0.3, -0.25) is 14.3 Å². The average molecular weight is 392 g/mol. The Bertz CT molecular complexity index is 1030. The molecule has 8 nitrogen and oxygen atoms in total. The number of aromatic nitrogens is 2. The SMILES string of the molecule is CS(=O)(=O)CCN1CCN(C(=O)c2ccc3c(c2)[nH]c(=O)n3C2CC2)CC1. The van der Waals surface area contributed by atoms with E-state index in [-0.39, 0.29) is 23.4 Å². The summed E-state index contributed by atoms with van der Waals surface area (Å²) in [5.74, 6) is 0.0860. The van der Waals surface area contributed by atoms with Crippen LogP contribution in [0.3, 0.4) is 0 Å². The largest absolute Gasteiger partial charge is 0.336 e. The topological polar surface area (TPSA) is 95.5 Å². The Morgan fingerprint density at radius 3 is 2.52 bits per heavy atom. The van der Waals surface area contributed by atoms with E-state index in [2.05, 4.69) is 9.88 Å². The summed E-state index contributed by atoms with van der Waals surface area (Å²) < 4.78 is 24.4. The fourth-order valence-corrected chi connectivity index (χ4v) is 4.20. The van der Waals surface area contributed by atoms with Crippen molar-refractivity contribution in [2.24, 2.45) is 0 Å². The summed E-state index contributed by atoms with van der Waals surface area (Å²) in [6, 6.07) is 5.68. The number of nitrogens with one attached hydrogen (secondary N) is 1. The molecule has 2 aromatic rings. The minimum absolute atomic E-state index is 0.0558. The summed E-state index contributed by atoms with van der Waals surface area (Å²) in [5, 5.41) is 0. The molecule has 0 spiro atoms. The Labute approximate surface area is 157 Å². The molecule has 1 N–H and O–H groups in total. The van der Waals surface area contributed by atoms with Gasteiger partial charge in [0.15, 0.2) is 0 Å². The summed E-state index contributed by atoms with van der Waals surface area (Å²) in [6.07, 6.45) is 3.29. The van der Waals surface area contributed by atoms with Gasteiger partial charge in [-0.15, -0.1) is 0 Å². The van der Waals surface area contributed by atoms with E-state index in [1.807, 2.05) is 6.07 Å². The second-order valence-corrected chi connectivity index (χ2v) is 9.79. The molecule has 2 fully saturated rings. The van der Waals surface area contributed by atoms with Crippen LogP contribution in [0.25, 0.3) is 11.0 Å². The molecule has 4 rings (SSSR count). The van der Waals surface area contributed by atoms with Crippen molar-refractivity contribution < 1.29 is 13.2 Å². The first kappa shape index (κ1) is 18.2. The number of nitrogens with zero attached hydrogens (tertiary/aromatic N) is 3. The number of hydrogen-bond donors (Lipinski definition) is 1. The van der Waals surface area contributed by atoms with Gasteiger partial charge in [0.2, 0.25) is 0 Å². The van der Waals surface area contributed by atoms with E-state index in [1.54, 1.807) is 21.6 Å². The van der Waals surface area contributed by atoms with Gasteiger partial charge in [0.1, 0.15) is 9.84 Å². The van der Waals surface area contributed by atoms with E-state index in [1.165, 1.54) is 6.26 Å². The second-order valence-electron chi connectivity index (χ2n) is 7.53. The molecule has 1 aliphatic carbocycles. The van der Waals surface area contributed by atoms with Crippen LogP contribution in [0.1, 0.15) is 29.2 Å². The van der Waals surface area contributed by atoms with Crippen LogP contribution in [0.4, 0.5) is 0 Å². The number of fused-ring (bicyclic) bond motifs is 1. The molecule has 0 atom stereocenters. The molecule has 9 heteroatoms. The standard InChI is InChI=1S/C18H24N4O4S/c1-27(25,26)11-10-20-6-8-21(9-7-20)17(23)13-2-5-16-15(12-13)19-18(24)22(16)14-3-4-14/h2,5,12,14H,3-4,6-11H2,1H3,(H,19,24). The quantitative estimate of drug-likeness (QED) is 0.798. The molecule has 1 saturated carbocycles. The Morgan fingerprint density at radius 2 is 1.89 bits per heavy atom. The lowest BCUT2D eigenvalue weighted by Gasteiger charge is -2.34. The first-order valence-electron chi connectivity index (χ1n) is 9.25. The third-order valence-electron chi connectivity index (χ3n) is 5.31. The molecule has 1 aromatic carbocycles. The first-order chi connectivity index (χ1) is 12.8. The van der Waals surface area contributed by atoms with Gasteiger partial charge >= 0.3 is 5.69 Å². The minimum Gasteiger partial charge on any atom is -0.336 e. The molecular formula is C18H24N4O4S. The van der Waals surface area contributed by atoms with Crippen molar-refractivity contribution in [3.8, 4) is 0 Å². The van der Waals surface area contributed by atoms with Crippen LogP contribution in [0.15, 0.2) is 23.0 Å². The number of amides is 1. The number of hydrogen-bond acceptors (Lipinski definition) is 5. The third-order valence-corrected chi connectivity index (χ3v) is 6.24. The molecule has 0 radical (unpaired) electrons. The summed E-state index contributed by atoms with van der Waals surface area (Å²) in [5.41, 5.74) is 2.00. The third kappa shape index (κ3) is 3.93. The Kier molecular flexibility index (Phi) is 4.59. The van der Waals surface area contributed by atoms with Gasteiger partial charge in [-0.05, 0) is 31.0 Å². The highest BCUT2D eigenvalue weighted by Gasteiger charge is 2.28. The van der Waals surface area contributed by atoms with Crippen LogP contribution >= 0.6 is 0 Å². The molecule has 1 aromatic heterocycles. The lowest BCUT2D eigenvalue weighted by Crippen LogP contribution is -2.49. The number of rotatable bonds is 5. The van der Waals surface area contributed by atoms with E-state index in [9.17, 15) is 18.0 Å². The number of carbonyl (C=O) groups excluding carboxylic acids is 1. The Morgan fingerprint density at radius 1 is 1.19 bits per heavy atom. The highest BCUT2D eigenvalue weighted by molar-refractivity contribution is 7.90. The maximum absolute atomic E-state index is 12.8. The number of aromatic amines is 1. The fraction of sp³-hybridized carbons (Fsp3) is 0.556. The smallest absolute Gasteiger partial charge is 0.326 e. The maximum Gasteiger partial charge on any atom is 0.326 e. The number of piperazine rings is 1. The number of sulfone groups is 1. The number of benzene rings is 1. The highest BCUT2D eigenvalue weighted by Crippen LogP contribution is 2.35. The summed E-state index contributed by atoms with van der Waals surface area (Å²) in [6.45, 7) is 2.97. The van der Waals surface area contributed by atoms with Crippen molar-refractivity contribution in [3.63, 3.8) is 0 Å². The Balaban J connectivity index is 1.43. The molecule has 2 heterocycles. The molecule has 2 aliphatic rings. The summed E-state index contributed by atoms with van der Waals surface area (Å²) in [4.78, 5) is 31.7. The summed E-state index contributed by atoms with van der Waals surface area (Å²) in [7, 11) is -2.97. The Hall–Kier alpha value is -2.13. The van der Waals surface area contributed by atoms with Gasteiger partial charge in [-0.25, -0.2) is 13.2 Å². The van der Waals surface area contributed by atoms with Crippen LogP contribution in [-0.4, -0.2) is 78.4 Å². The van der Waals surface area contributed by atoms with Crippen molar-refractivity contribution in [1.82, 2.24) is 19.4 Å². The molecule has 0 bridgehead atoms. The van der Waals surface area contributed by atoms with Crippen molar-refractivity contribution in [2.45, 2.75) is 18.9 Å². The van der Waals surface area contributed by atoms with Crippen LogP contribution in [-0.2, 0) is 9.84 Å². The lowest BCUT2D eigenvalue weighted by molar-refractivity contribution is 0.0644. The highest BCUT2D eigenvalue weighted by atomic mass is 32.2. The maximum atomic E-state index is 12.8. The molecule has 1 amide bonds. The van der Waals surface area contributed by atoms with Gasteiger partial charge in [0.05, 0.1) is 16.8 Å². The molecule has 1 saturated heterocycles. The van der Waals surface area contributed by atoms with E-state index < -0.39 is 9.84 Å². The monoisotopic (exact) mass is 392 g/mol. The second kappa shape index (κ2) is 6.79. The van der Waals surface area contributed by atoms with Crippen LogP contribution in [0.5, 0.6) is 0 Å². The van der Waals surface area contributed by atoms with E-state index in [0.29, 0.717) is 43.8 Å². The van der Waals surface area contributed by atoms with E-state index in [0.717, 1.165) is 18.4 Å². The van der Waals surface area contributed by atoms with Crippen molar-refractivity contribution in [2.75, 3.05) is 44.7 Å². The zero-order valence-corrected chi connectivity index (χ0v) is 16.2. The lowest BCUT2D eigenvalue weighted by atomic mass is 10.1. The normalized spacial score (nSPS) is 18.9. The van der Waals surface area contributed by atoms with Crippen LogP contribution in [0, 0.1) is 0 Å². The first-order valence-corrected chi connectivity index (χ1v) is 11.3. The minimum atomic E-state index is -2.97. The number of carbonyl (C=O) groups is 1. The molecule has 27 heavy (non-hydrogen) atoms. The van der Waals surface area contributed by atoms with E-state index in [4.69, 9.17) is 0 Å². The predicted molar refractivity (Wildman–Crippen MR) is 103 cm³/mol. The van der Waals surface area contributed by atoms with Gasteiger partial charge < -0.3 is 9.88 Å².